The Bertz CT molecular complexity index is 683. The van der Waals surface area contributed by atoms with Crippen molar-refractivity contribution in [3.05, 3.63) is 41.8 Å². The van der Waals surface area contributed by atoms with Gasteiger partial charge in [-0.15, -0.1) is 11.3 Å². The molecule has 6 nitrogen and oxygen atoms in total. The molecule has 1 aromatic carbocycles. The normalized spacial score (nSPS) is 12.8. The van der Waals surface area contributed by atoms with Gasteiger partial charge in [0.2, 0.25) is 4.73 Å². The van der Waals surface area contributed by atoms with Crippen LogP contribution in [0.4, 0.5) is 0 Å². The minimum Gasteiger partial charge on any atom is -0.323 e. The van der Waals surface area contributed by atoms with Crippen LogP contribution < -0.4 is 0 Å². The smallest absolute Gasteiger partial charge is 0.323 e. The highest BCUT2D eigenvalue weighted by Gasteiger charge is 2.44. The lowest BCUT2D eigenvalue weighted by atomic mass is 10.1. The van der Waals surface area contributed by atoms with E-state index in [9.17, 15) is 9.13 Å². The summed E-state index contributed by atoms with van der Waals surface area (Å²) in [5.74, 6) is 0. The minimum atomic E-state index is -4.92. The largest absolute Gasteiger partial charge is 0.351 e. The van der Waals surface area contributed by atoms with Crippen molar-refractivity contribution in [2.24, 2.45) is 0 Å². The summed E-state index contributed by atoms with van der Waals surface area (Å²) in [6.07, 6.45) is 0. The lowest BCUT2D eigenvalue weighted by Crippen LogP contribution is -2.03. The highest BCUT2D eigenvalue weighted by Crippen LogP contribution is 2.66. The van der Waals surface area contributed by atoms with Crippen LogP contribution in [0.2, 0.25) is 0 Å². The average molecular weight is 366 g/mol. The first-order chi connectivity index (χ1) is 9.68. The van der Waals surface area contributed by atoms with Gasteiger partial charge in [-0.05, 0) is 22.6 Å². The second kappa shape index (κ2) is 6.36. The maximum absolute atomic E-state index is 11.2. The molecule has 0 saturated carbocycles. The monoisotopic (exact) mass is 366 g/mol. The van der Waals surface area contributed by atoms with Gasteiger partial charge in [-0.3, -0.25) is 9.13 Å². The quantitative estimate of drug-likeness (QED) is 0.475. The van der Waals surface area contributed by atoms with E-state index < -0.39 is 19.9 Å². The molecule has 2 rings (SSSR count). The van der Waals surface area contributed by atoms with Crippen LogP contribution in [0.5, 0.6) is 0 Å². The van der Waals surface area contributed by atoms with Crippen LogP contribution in [0.1, 0.15) is 0 Å². The van der Waals surface area contributed by atoms with Crippen molar-refractivity contribution < 1.29 is 28.7 Å². The van der Waals surface area contributed by atoms with Gasteiger partial charge in [-0.25, -0.2) is 0 Å². The molecule has 0 saturated heterocycles. The van der Waals surface area contributed by atoms with E-state index in [4.69, 9.17) is 19.6 Å². The zero-order valence-corrected chi connectivity index (χ0v) is 13.9. The van der Waals surface area contributed by atoms with Gasteiger partial charge in [-0.1, -0.05) is 42.1 Å². The molecule has 21 heavy (non-hydrogen) atoms. The molecule has 1 heterocycles. The molecule has 0 amide bonds. The molecule has 0 radical (unpaired) electrons. The van der Waals surface area contributed by atoms with Crippen molar-refractivity contribution >= 4 is 38.3 Å². The third-order valence-corrected chi connectivity index (χ3v) is 9.58. The molecule has 0 fully saturated rings. The lowest BCUT2D eigenvalue weighted by molar-refractivity contribution is 0.352. The molecular formula is C11H12O6P2S2. The van der Waals surface area contributed by atoms with E-state index >= 15 is 0 Å². The summed E-state index contributed by atoms with van der Waals surface area (Å²) in [6.45, 7) is 0. The van der Waals surface area contributed by atoms with Crippen LogP contribution in [-0.2, 0) is 9.13 Å². The molecule has 0 aliphatic heterocycles. The van der Waals surface area contributed by atoms with Crippen molar-refractivity contribution in [2.75, 3.05) is 0 Å². The van der Waals surface area contributed by atoms with E-state index in [0.29, 0.717) is 16.0 Å². The van der Waals surface area contributed by atoms with Crippen LogP contribution in [0, 0.1) is 0 Å². The first-order valence-corrected chi connectivity index (χ1v) is 10.7. The van der Waals surface area contributed by atoms with Crippen LogP contribution in [-0.4, -0.2) is 24.3 Å². The van der Waals surface area contributed by atoms with E-state index in [1.165, 1.54) is 11.3 Å². The SMILES string of the molecule is O=P(O)(O)C(Sc1cc(-c2ccccc2)cs1)P(=O)(O)O. The Labute approximate surface area is 129 Å². The van der Waals surface area contributed by atoms with Gasteiger partial charge in [0.25, 0.3) is 0 Å². The van der Waals surface area contributed by atoms with Crippen LogP contribution >= 0.6 is 38.3 Å². The van der Waals surface area contributed by atoms with Gasteiger partial charge in [-0.2, -0.15) is 0 Å². The standard InChI is InChI=1S/C11H12O6P2S2/c12-18(13,14)11(19(15,16)17)21-10-6-9(7-20-10)8-4-2-1-3-5-8/h1-7,11H,(H2,12,13,14)(H2,15,16,17). The number of thioether (sulfide) groups is 1. The van der Waals surface area contributed by atoms with E-state index in [2.05, 4.69) is 0 Å². The van der Waals surface area contributed by atoms with E-state index in [0.717, 1.165) is 11.1 Å². The van der Waals surface area contributed by atoms with Crippen LogP contribution in [0.15, 0.2) is 46.0 Å². The molecule has 0 bridgehead atoms. The van der Waals surface area contributed by atoms with Crippen molar-refractivity contribution in [3.63, 3.8) is 0 Å². The van der Waals surface area contributed by atoms with Crippen LogP contribution in [0.3, 0.4) is 0 Å². The number of thiophene rings is 1. The van der Waals surface area contributed by atoms with Gasteiger partial charge in [0.05, 0.1) is 4.21 Å². The third kappa shape index (κ3) is 4.52. The predicted octanol–water partition coefficient (Wildman–Crippen LogP) is 3.15. The van der Waals surface area contributed by atoms with E-state index in [1.54, 1.807) is 11.4 Å². The summed E-state index contributed by atoms with van der Waals surface area (Å²) in [7, 11) is -9.84. The van der Waals surface area contributed by atoms with Crippen molar-refractivity contribution in [1.82, 2.24) is 0 Å². The first kappa shape index (κ1) is 16.9. The molecule has 114 valence electrons. The Morgan fingerprint density at radius 3 is 2.05 bits per heavy atom. The molecule has 0 spiro atoms. The topological polar surface area (TPSA) is 115 Å². The number of benzene rings is 1. The maximum atomic E-state index is 11.2. The summed E-state index contributed by atoms with van der Waals surface area (Å²) in [6, 6.07) is 11.0. The van der Waals surface area contributed by atoms with Crippen molar-refractivity contribution in [2.45, 2.75) is 8.94 Å². The second-order valence-corrected chi connectivity index (χ2v) is 11.0. The fourth-order valence-electron chi connectivity index (χ4n) is 1.60. The Morgan fingerprint density at radius 2 is 1.52 bits per heavy atom. The molecule has 0 aliphatic carbocycles. The zero-order valence-electron chi connectivity index (χ0n) is 10.4. The molecule has 0 aliphatic rings. The zero-order chi connectivity index (χ0) is 15.7. The molecule has 0 unspecified atom stereocenters. The summed E-state index contributed by atoms with van der Waals surface area (Å²) in [5.41, 5.74) is 1.75. The predicted molar refractivity (Wildman–Crippen MR) is 83.5 cm³/mol. The molecule has 0 atom stereocenters. The highest BCUT2D eigenvalue weighted by molar-refractivity contribution is 8.13. The second-order valence-electron chi connectivity index (χ2n) is 4.14. The highest BCUT2D eigenvalue weighted by atomic mass is 32.2. The summed E-state index contributed by atoms with van der Waals surface area (Å²) in [4.78, 5) is 36.4. The fourth-order valence-corrected chi connectivity index (χ4v) is 7.07. The van der Waals surface area contributed by atoms with E-state index in [-0.39, 0.29) is 0 Å². The minimum absolute atomic E-state index is 0.436. The van der Waals surface area contributed by atoms with Gasteiger partial charge < -0.3 is 19.6 Å². The first-order valence-electron chi connectivity index (χ1n) is 5.59. The molecule has 4 N–H and O–H groups in total. The Balaban J connectivity index is 2.26. The number of hydrogen-bond acceptors (Lipinski definition) is 4. The number of rotatable bonds is 5. The Hall–Kier alpha value is -0.430. The van der Waals surface area contributed by atoms with Crippen molar-refractivity contribution in [1.29, 1.82) is 0 Å². The summed E-state index contributed by atoms with van der Waals surface area (Å²) >= 11 is 1.69. The fraction of sp³-hybridized carbons (Fsp3) is 0.0909. The molecule has 1 aromatic heterocycles. The molecule has 10 heteroatoms. The summed E-state index contributed by atoms with van der Waals surface area (Å²) in [5, 5.41) is 1.77. The van der Waals surface area contributed by atoms with Gasteiger partial charge in [0.1, 0.15) is 0 Å². The average Bonchev–Trinajstić information content (AvgIpc) is 2.83. The third-order valence-electron chi connectivity index (χ3n) is 2.48. The number of hydrogen-bond donors (Lipinski definition) is 4. The lowest BCUT2D eigenvalue weighted by Gasteiger charge is -2.17. The Kier molecular flexibility index (Phi) is 5.13. The summed E-state index contributed by atoms with van der Waals surface area (Å²) < 4.78 is 20.8. The van der Waals surface area contributed by atoms with Gasteiger partial charge in [0, 0.05) is 0 Å². The van der Waals surface area contributed by atoms with Gasteiger partial charge >= 0.3 is 15.2 Å². The van der Waals surface area contributed by atoms with Crippen molar-refractivity contribution in [3.8, 4) is 11.1 Å². The molecule has 2 aromatic rings. The maximum Gasteiger partial charge on any atom is 0.351 e. The van der Waals surface area contributed by atoms with Crippen LogP contribution in [0.25, 0.3) is 11.1 Å². The Morgan fingerprint density at radius 1 is 0.952 bits per heavy atom. The van der Waals surface area contributed by atoms with Gasteiger partial charge in [0.15, 0.2) is 0 Å². The molecular weight excluding hydrogens is 354 g/mol. The van der Waals surface area contributed by atoms with E-state index in [1.807, 2.05) is 30.3 Å².